The molecule has 0 bridgehead atoms. The van der Waals surface area contributed by atoms with Crippen molar-refractivity contribution in [1.29, 1.82) is 0 Å². The van der Waals surface area contributed by atoms with Gasteiger partial charge in [0.15, 0.2) is 6.10 Å². The lowest BCUT2D eigenvalue weighted by Crippen LogP contribution is -2.41. The molecule has 1 aromatic rings. The number of aliphatic carboxylic acids is 1. The van der Waals surface area contributed by atoms with Crippen LogP contribution in [0, 0.1) is 0 Å². The normalized spacial score (nSPS) is 13.9. The fraction of sp³-hybridized carbons (Fsp3) is 0.667. The van der Waals surface area contributed by atoms with Crippen molar-refractivity contribution in [2.75, 3.05) is 7.11 Å². The summed E-state index contributed by atoms with van der Waals surface area (Å²) in [7, 11) is 3.10. The van der Waals surface area contributed by atoms with Crippen LogP contribution in [0.25, 0.3) is 0 Å². The van der Waals surface area contributed by atoms with E-state index in [1.54, 1.807) is 27.1 Å². The highest BCUT2D eigenvalue weighted by Gasteiger charge is 2.39. The number of carboxylic acid groups (broad SMARTS) is 1. The highest BCUT2D eigenvalue weighted by molar-refractivity contribution is 5.74. The second-order valence-electron chi connectivity index (χ2n) is 3.95. The average molecular weight is 213 g/mol. The van der Waals surface area contributed by atoms with E-state index in [1.165, 1.54) is 11.8 Å². The number of carboxylic acids is 1. The molecule has 0 aliphatic heterocycles. The lowest BCUT2D eigenvalue weighted by molar-refractivity contribution is -0.152. The van der Waals surface area contributed by atoms with E-state index in [0.717, 1.165) is 0 Å². The van der Waals surface area contributed by atoms with E-state index in [1.807, 2.05) is 0 Å². The smallest absolute Gasteiger partial charge is 0.333 e. The van der Waals surface area contributed by atoms with Crippen molar-refractivity contribution in [1.82, 2.24) is 15.0 Å². The summed E-state index contributed by atoms with van der Waals surface area (Å²) in [6.07, 6.45) is 0.754. The zero-order valence-electron chi connectivity index (χ0n) is 9.26. The first-order chi connectivity index (χ1) is 6.89. The SMILES string of the molecule is COC(C(=O)O)C(C)(C)c1cn(C)nn1. The Morgan fingerprint density at radius 1 is 1.67 bits per heavy atom. The zero-order chi connectivity index (χ0) is 11.6. The molecule has 0 aliphatic rings. The van der Waals surface area contributed by atoms with E-state index in [4.69, 9.17) is 9.84 Å². The highest BCUT2D eigenvalue weighted by atomic mass is 16.5. The Kier molecular flexibility index (Phi) is 3.09. The van der Waals surface area contributed by atoms with Crippen molar-refractivity contribution in [3.05, 3.63) is 11.9 Å². The van der Waals surface area contributed by atoms with Crippen LogP contribution in [0.4, 0.5) is 0 Å². The third-order valence-electron chi connectivity index (χ3n) is 2.38. The standard InChI is InChI=1S/C9H15N3O3/c1-9(2,7(15-4)8(13)14)6-5-12(3)11-10-6/h5,7H,1-4H3,(H,13,14). The van der Waals surface area contributed by atoms with Gasteiger partial charge in [0.2, 0.25) is 0 Å². The monoisotopic (exact) mass is 213 g/mol. The van der Waals surface area contributed by atoms with Gasteiger partial charge in [-0.15, -0.1) is 5.10 Å². The van der Waals surface area contributed by atoms with Gasteiger partial charge in [-0.1, -0.05) is 19.1 Å². The lowest BCUT2D eigenvalue weighted by Gasteiger charge is -2.27. The molecule has 0 fully saturated rings. The Labute approximate surface area is 87.9 Å². The molecule has 6 heteroatoms. The van der Waals surface area contributed by atoms with Crippen LogP contribution < -0.4 is 0 Å². The van der Waals surface area contributed by atoms with Gasteiger partial charge in [-0.2, -0.15) is 0 Å². The number of nitrogens with zero attached hydrogens (tertiary/aromatic N) is 3. The van der Waals surface area contributed by atoms with Gasteiger partial charge in [0.25, 0.3) is 0 Å². The van der Waals surface area contributed by atoms with E-state index >= 15 is 0 Å². The molecule has 6 nitrogen and oxygen atoms in total. The summed E-state index contributed by atoms with van der Waals surface area (Å²) in [5.41, 5.74) is -0.117. The van der Waals surface area contributed by atoms with Gasteiger partial charge in [-0.25, -0.2) is 4.79 Å². The predicted octanol–water partition coefficient (Wildman–Crippen LogP) is 0.192. The number of rotatable bonds is 4. The predicted molar refractivity (Wildman–Crippen MR) is 52.5 cm³/mol. The number of aromatic nitrogens is 3. The molecule has 0 spiro atoms. The fourth-order valence-corrected chi connectivity index (χ4v) is 1.48. The van der Waals surface area contributed by atoms with E-state index in [-0.39, 0.29) is 0 Å². The van der Waals surface area contributed by atoms with Gasteiger partial charge in [-0.05, 0) is 0 Å². The van der Waals surface area contributed by atoms with Crippen molar-refractivity contribution < 1.29 is 14.6 Å². The van der Waals surface area contributed by atoms with E-state index in [0.29, 0.717) is 5.69 Å². The molecule has 0 amide bonds. The first-order valence-electron chi connectivity index (χ1n) is 4.52. The molecule has 0 saturated heterocycles. The summed E-state index contributed by atoms with van der Waals surface area (Å²) in [6.45, 7) is 3.53. The molecule has 1 atom stereocenters. The number of hydrogen-bond donors (Lipinski definition) is 1. The summed E-state index contributed by atoms with van der Waals surface area (Å²) in [6, 6.07) is 0. The molecule has 15 heavy (non-hydrogen) atoms. The maximum Gasteiger partial charge on any atom is 0.333 e. The number of hydrogen-bond acceptors (Lipinski definition) is 4. The van der Waals surface area contributed by atoms with Crippen molar-refractivity contribution >= 4 is 5.97 Å². The molecule has 1 N–H and O–H groups in total. The molecule has 1 aromatic heterocycles. The van der Waals surface area contributed by atoms with Crippen LogP contribution in [0.5, 0.6) is 0 Å². The third kappa shape index (κ3) is 2.15. The maximum atomic E-state index is 11.0. The summed E-state index contributed by atoms with van der Waals surface area (Å²) in [5, 5.41) is 16.7. The van der Waals surface area contributed by atoms with Crippen LogP contribution >= 0.6 is 0 Å². The third-order valence-corrected chi connectivity index (χ3v) is 2.38. The minimum atomic E-state index is -1.01. The van der Waals surface area contributed by atoms with E-state index in [2.05, 4.69) is 10.3 Å². The summed E-state index contributed by atoms with van der Waals surface area (Å²) >= 11 is 0. The van der Waals surface area contributed by atoms with Crippen molar-refractivity contribution in [3.63, 3.8) is 0 Å². The number of aryl methyl sites for hydroxylation is 1. The maximum absolute atomic E-state index is 11.0. The van der Waals surface area contributed by atoms with Crippen LogP contribution in [0.2, 0.25) is 0 Å². The van der Waals surface area contributed by atoms with Gasteiger partial charge in [0.1, 0.15) is 0 Å². The Balaban J connectivity index is 3.04. The summed E-state index contributed by atoms with van der Waals surface area (Å²) in [5.74, 6) is -1.01. The van der Waals surface area contributed by atoms with Crippen LogP contribution in [-0.2, 0) is 22.0 Å². The Morgan fingerprint density at radius 3 is 2.60 bits per heavy atom. The topological polar surface area (TPSA) is 77.2 Å². The Bertz CT molecular complexity index is 359. The quantitative estimate of drug-likeness (QED) is 0.772. The summed E-state index contributed by atoms with van der Waals surface area (Å²) < 4.78 is 6.50. The molecular weight excluding hydrogens is 198 g/mol. The highest BCUT2D eigenvalue weighted by Crippen LogP contribution is 2.27. The van der Waals surface area contributed by atoms with Gasteiger partial charge in [0, 0.05) is 25.8 Å². The fourth-order valence-electron chi connectivity index (χ4n) is 1.48. The second-order valence-corrected chi connectivity index (χ2v) is 3.95. The van der Waals surface area contributed by atoms with Gasteiger partial charge in [-0.3, -0.25) is 4.68 Å². The molecule has 0 saturated carbocycles. The van der Waals surface area contributed by atoms with E-state index < -0.39 is 17.5 Å². The molecule has 1 heterocycles. The first-order valence-corrected chi connectivity index (χ1v) is 4.52. The van der Waals surface area contributed by atoms with Gasteiger partial charge in [0.05, 0.1) is 5.69 Å². The first kappa shape index (κ1) is 11.6. The lowest BCUT2D eigenvalue weighted by atomic mass is 9.83. The van der Waals surface area contributed by atoms with Crippen molar-refractivity contribution in [2.45, 2.75) is 25.4 Å². The minimum Gasteiger partial charge on any atom is -0.479 e. The largest absolute Gasteiger partial charge is 0.479 e. The number of methoxy groups -OCH3 is 1. The number of ether oxygens (including phenoxy) is 1. The van der Waals surface area contributed by atoms with Gasteiger partial charge >= 0.3 is 5.97 Å². The molecule has 0 aromatic carbocycles. The molecule has 1 rings (SSSR count). The van der Waals surface area contributed by atoms with Crippen LogP contribution in [0.1, 0.15) is 19.5 Å². The molecule has 0 radical (unpaired) electrons. The Hall–Kier alpha value is -1.43. The second kappa shape index (κ2) is 3.98. The number of carbonyl (C=O) groups is 1. The molecule has 1 unspecified atom stereocenters. The molecular formula is C9H15N3O3. The Morgan fingerprint density at radius 2 is 2.27 bits per heavy atom. The van der Waals surface area contributed by atoms with E-state index in [9.17, 15) is 4.79 Å². The van der Waals surface area contributed by atoms with Crippen LogP contribution in [0.3, 0.4) is 0 Å². The van der Waals surface area contributed by atoms with Crippen molar-refractivity contribution in [2.24, 2.45) is 7.05 Å². The summed E-state index contributed by atoms with van der Waals surface area (Å²) in [4.78, 5) is 11.0. The van der Waals surface area contributed by atoms with Gasteiger partial charge < -0.3 is 9.84 Å². The minimum absolute atomic E-state index is 0.597. The zero-order valence-corrected chi connectivity index (χ0v) is 9.26. The van der Waals surface area contributed by atoms with Crippen molar-refractivity contribution in [3.8, 4) is 0 Å². The average Bonchev–Trinajstić information content (AvgIpc) is 2.52. The van der Waals surface area contributed by atoms with Crippen LogP contribution in [-0.4, -0.2) is 39.3 Å². The molecule has 84 valence electrons. The molecule has 0 aliphatic carbocycles. The van der Waals surface area contributed by atoms with Crippen LogP contribution in [0.15, 0.2) is 6.20 Å².